The number of nitrogens with two attached hydrogens (primary N) is 1. The minimum Gasteiger partial charge on any atom is -0.324 e. The van der Waals surface area contributed by atoms with Crippen molar-refractivity contribution < 1.29 is 0 Å². The SMILES string of the molecule is Cc1cncc(-c2ccc([C@H](C)N)cc2)c1. The number of benzene rings is 1. The first-order chi connectivity index (χ1) is 7.66. The summed E-state index contributed by atoms with van der Waals surface area (Å²) in [6, 6.07) is 10.5. The molecule has 0 spiro atoms. The standard InChI is InChI=1S/C14H16N2/c1-10-7-14(9-16-8-10)13-5-3-12(4-6-13)11(2)15/h3-9,11H,15H2,1-2H3/t11-/m0/s1. The number of hydrogen-bond acceptors (Lipinski definition) is 2. The Labute approximate surface area is 96.1 Å². The average Bonchev–Trinajstić information content (AvgIpc) is 2.29. The molecule has 0 amide bonds. The molecule has 0 aliphatic heterocycles. The molecule has 0 aliphatic carbocycles. The van der Waals surface area contributed by atoms with E-state index >= 15 is 0 Å². The van der Waals surface area contributed by atoms with Gasteiger partial charge in [-0.2, -0.15) is 0 Å². The zero-order valence-corrected chi connectivity index (χ0v) is 9.64. The van der Waals surface area contributed by atoms with Crippen molar-refractivity contribution in [3.8, 4) is 11.1 Å². The number of rotatable bonds is 2. The van der Waals surface area contributed by atoms with E-state index in [1.54, 1.807) is 0 Å². The minimum absolute atomic E-state index is 0.0877. The number of aryl methyl sites for hydroxylation is 1. The minimum atomic E-state index is 0.0877. The van der Waals surface area contributed by atoms with Gasteiger partial charge in [0, 0.05) is 24.0 Å². The van der Waals surface area contributed by atoms with Crippen LogP contribution < -0.4 is 5.73 Å². The van der Waals surface area contributed by atoms with E-state index in [0.29, 0.717) is 0 Å². The number of aromatic nitrogens is 1. The number of hydrogen-bond donors (Lipinski definition) is 1. The molecule has 0 saturated carbocycles. The van der Waals surface area contributed by atoms with Crippen LogP contribution in [-0.2, 0) is 0 Å². The van der Waals surface area contributed by atoms with Gasteiger partial charge in [-0.25, -0.2) is 0 Å². The van der Waals surface area contributed by atoms with Crippen LogP contribution in [0.2, 0.25) is 0 Å². The molecule has 0 radical (unpaired) electrons. The highest BCUT2D eigenvalue weighted by Crippen LogP contribution is 2.21. The third-order valence-electron chi connectivity index (χ3n) is 2.64. The van der Waals surface area contributed by atoms with E-state index in [9.17, 15) is 0 Å². The lowest BCUT2D eigenvalue weighted by Crippen LogP contribution is -2.04. The smallest absolute Gasteiger partial charge is 0.0346 e. The Morgan fingerprint density at radius 3 is 2.31 bits per heavy atom. The van der Waals surface area contributed by atoms with Gasteiger partial charge in [-0.15, -0.1) is 0 Å². The summed E-state index contributed by atoms with van der Waals surface area (Å²) in [4.78, 5) is 4.19. The van der Waals surface area contributed by atoms with E-state index in [-0.39, 0.29) is 6.04 Å². The zero-order chi connectivity index (χ0) is 11.5. The fourth-order valence-corrected chi connectivity index (χ4v) is 1.69. The number of nitrogens with zero attached hydrogens (tertiary/aromatic N) is 1. The van der Waals surface area contributed by atoms with Crippen LogP contribution in [0.4, 0.5) is 0 Å². The van der Waals surface area contributed by atoms with E-state index < -0.39 is 0 Å². The van der Waals surface area contributed by atoms with Gasteiger partial charge in [0.15, 0.2) is 0 Å². The second-order valence-corrected chi connectivity index (χ2v) is 4.16. The molecular formula is C14H16N2. The van der Waals surface area contributed by atoms with Gasteiger partial charge in [-0.1, -0.05) is 24.3 Å². The van der Waals surface area contributed by atoms with E-state index in [4.69, 9.17) is 5.73 Å². The first kappa shape index (κ1) is 10.8. The van der Waals surface area contributed by atoms with Gasteiger partial charge < -0.3 is 5.73 Å². The van der Waals surface area contributed by atoms with Crippen LogP contribution in [0, 0.1) is 6.92 Å². The normalized spacial score (nSPS) is 12.4. The van der Waals surface area contributed by atoms with Crippen molar-refractivity contribution in [1.29, 1.82) is 0 Å². The van der Waals surface area contributed by atoms with E-state index in [0.717, 1.165) is 11.1 Å². The first-order valence-corrected chi connectivity index (χ1v) is 5.44. The molecule has 2 aromatic rings. The Kier molecular flexibility index (Phi) is 3.02. The summed E-state index contributed by atoms with van der Waals surface area (Å²) in [6.45, 7) is 4.04. The van der Waals surface area contributed by atoms with E-state index in [2.05, 4.69) is 35.3 Å². The molecule has 1 aromatic heterocycles. The molecule has 0 fully saturated rings. The van der Waals surface area contributed by atoms with Gasteiger partial charge in [0.05, 0.1) is 0 Å². The second kappa shape index (κ2) is 4.45. The average molecular weight is 212 g/mol. The molecular weight excluding hydrogens is 196 g/mol. The third kappa shape index (κ3) is 2.28. The van der Waals surface area contributed by atoms with Gasteiger partial charge in [0.1, 0.15) is 0 Å². The largest absolute Gasteiger partial charge is 0.324 e. The molecule has 2 N–H and O–H groups in total. The van der Waals surface area contributed by atoms with Crippen LogP contribution in [0.5, 0.6) is 0 Å². The van der Waals surface area contributed by atoms with Crippen molar-refractivity contribution in [3.05, 3.63) is 53.9 Å². The Morgan fingerprint density at radius 1 is 1.06 bits per heavy atom. The summed E-state index contributed by atoms with van der Waals surface area (Å²) in [5.74, 6) is 0. The van der Waals surface area contributed by atoms with Crippen LogP contribution in [0.15, 0.2) is 42.7 Å². The van der Waals surface area contributed by atoms with Gasteiger partial charge in [0.25, 0.3) is 0 Å². The third-order valence-corrected chi connectivity index (χ3v) is 2.64. The maximum absolute atomic E-state index is 5.81. The Bertz CT molecular complexity index is 472. The van der Waals surface area contributed by atoms with Gasteiger partial charge >= 0.3 is 0 Å². The lowest BCUT2D eigenvalue weighted by molar-refractivity contribution is 0.818. The molecule has 0 saturated heterocycles. The fraction of sp³-hybridized carbons (Fsp3) is 0.214. The predicted octanol–water partition coefficient (Wildman–Crippen LogP) is 3.08. The van der Waals surface area contributed by atoms with Crippen LogP contribution >= 0.6 is 0 Å². The quantitative estimate of drug-likeness (QED) is 0.830. The Hall–Kier alpha value is -1.67. The Morgan fingerprint density at radius 2 is 1.75 bits per heavy atom. The second-order valence-electron chi connectivity index (χ2n) is 4.16. The van der Waals surface area contributed by atoms with Crippen LogP contribution in [0.3, 0.4) is 0 Å². The summed E-state index contributed by atoms with van der Waals surface area (Å²) in [6.07, 6.45) is 3.74. The summed E-state index contributed by atoms with van der Waals surface area (Å²) < 4.78 is 0. The van der Waals surface area contributed by atoms with Crippen molar-refractivity contribution in [2.24, 2.45) is 5.73 Å². The topological polar surface area (TPSA) is 38.9 Å². The highest BCUT2D eigenvalue weighted by molar-refractivity contribution is 5.63. The van der Waals surface area contributed by atoms with E-state index in [1.165, 1.54) is 11.1 Å². The molecule has 0 bridgehead atoms. The molecule has 0 unspecified atom stereocenters. The van der Waals surface area contributed by atoms with Gasteiger partial charge in [-0.05, 0) is 36.6 Å². The molecule has 16 heavy (non-hydrogen) atoms. The molecule has 2 nitrogen and oxygen atoms in total. The lowest BCUT2D eigenvalue weighted by Gasteiger charge is -2.07. The summed E-state index contributed by atoms with van der Waals surface area (Å²) in [5.41, 5.74) is 10.5. The maximum atomic E-state index is 5.81. The van der Waals surface area contributed by atoms with Crippen molar-refractivity contribution >= 4 is 0 Å². The van der Waals surface area contributed by atoms with Crippen molar-refractivity contribution in [2.45, 2.75) is 19.9 Å². The highest BCUT2D eigenvalue weighted by atomic mass is 14.6. The van der Waals surface area contributed by atoms with Crippen molar-refractivity contribution in [1.82, 2.24) is 4.98 Å². The molecule has 0 aliphatic rings. The lowest BCUT2D eigenvalue weighted by atomic mass is 10.0. The van der Waals surface area contributed by atoms with E-state index in [1.807, 2.05) is 26.2 Å². The van der Waals surface area contributed by atoms with Gasteiger partial charge in [-0.3, -0.25) is 4.98 Å². The van der Waals surface area contributed by atoms with Crippen LogP contribution in [0.25, 0.3) is 11.1 Å². The zero-order valence-electron chi connectivity index (χ0n) is 9.64. The first-order valence-electron chi connectivity index (χ1n) is 5.44. The summed E-state index contributed by atoms with van der Waals surface area (Å²) in [5, 5.41) is 0. The molecule has 2 rings (SSSR count). The highest BCUT2D eigenvalue weighted by Gasteiger charge is 2.01. The van der Waals surface area contributed by atoms with Crippen LogP contribution in [-0.4, -0.2) is 4.98 Å². The number of pyridine rings is 1. The maximum Gasteiger partial charge on any atom is 0.0346 e. The fourth-order valence-electron chi connectivity index (χ4n) is 1.69. The molecule has 82 valence electrons. The van der Waals surface area contributed by atoms with Crippen molar-refractivity contribution in [3.63, 3.8) is 0 Å². The molecule has 2 heteroatoms. The summed E-state index contributed by atoms with van der Waals surface area (Å²) >= 11 is 0. The molecule has 1 heterocycles. The molecule has 1 aromatic carbocycles. The predicted molar refractivity (Wildman–Crippen MR) is 67.0 cm³/mol. The monoisotopic (exact) mass is 212 g/mol. The van der Waals surface area contributed by atoms with Crippen molar-refractivity contribution in [2.75, 3.05) is 0 Å². The summed E-state index contributed by atoms with van der Waals surface area (Å²) in [7, 11) is 0. The Balaban J connectivity index is 2.35. The van der Waals surface area contributed by atoms with Crippen LogP contribution in [0.1, 0.15) is 24.1 Å². The molecule has 1 atom stereocenters. The van der Waals surface area contributed by atoms with Gasteiger partial charge in [0.2, 0.25) is 0 Å².